The van der Waals surface area contributed by atoms with Crippen LogP contribution in [0.3, 0.4) is 0 Å². The lowest BCUT2D eigenvalue weighted by Crippen LogP contribution is -2.27. The second kappa shape index (κ2) is 9.80. The summed E-state index contributed by atoms with van der Waals surface area (Å²) in [4.78, 5) is 12.8. The molecule has 0 spiro atoms. The van der Waals surface area contributed by atoms with Gasteiger partial charge >= 0.3 is 0 Å². The number of rotatable bonds is 8. The normalized spacial score (nSPS) is 13.7. The predicted molar refractivity (Wildman–Crippen MR) is 109 cm³/mol. The molecule has 6 nitrogen and oxygen atoms in total. The maximum Gasteiger partial charge on any atom is 0.255 e. The van der Waals surface area contributed by atoms with Gasteiger partial charge in [-0.2, -0.15) is 0 Å². The highest BCUT2D eigenvalue weighted by Crippen LogP contribution is 2.37. The molecule has 1 aliphatic rings. The van der Waals surface area contributed by atoms with Crippen molar-refractivity contribution in [1.82, 2.24) is 5.32 Å². The van der Waals surface area contributed by atoms with E-state index in [1.807, 2.05) is 38.1 Å². The Kier molecular flexibility index (Phi) is 7.17. The molecule has 1 heterocycles. The van der Waals surface area contributed by atoms with Crippen LogP contribution in [0, 0.1) is 0 Å². The second-order valence-electron chi connectivity index (χ2n) is 6.25. The van der Waals surface area contributed by atoms with Gasteiger partial charge < -0.3 is 24.3 Å². The van der Waals surface area contributed by atoms with Gasteiger partial charge in [0.1, 0.15) is 25.6 Å². The highest BCUT2D eigenvalue weighted by Gasteiger charge is 2.21. The van der Waals surface area contributed by atoms with E-state index in [-0.39, 0.29) is 11.9 Å². The highest BCUT2D eigenvalue weighted by atomic mass is 79.9. The number of benzene rings is 2. The van der Waals surface area contributed by atoms with Crippen molar-refractivity contribution in [3.8, 4) is 17.2 Å². The van der Waals surface area contributed by atoms with E-state index in [1.54, 1.807) is 12.1 Å². The number of hydrogen-bond donors (Lipinski definition) is 1. The van der Waals surface area contributed by atoms with E-state index in [1.165, 1.54) is 0 Å². The number of fused-ring (bicyclic) bond motifs is 1. The molecule has 3 rings (SSSR count). The molecule has 2 aromatic carbocycles. The molecule has 0 saturated heterocycles. The molecule has 1 unspecified atom stereocenters. The first-order chi connectivity index (χ1) is 13.6. The summed E-state index contributed by atoms with van der Waals surface area (Å²) in [6, 6.07) is 10.7. The molecule has 0 saturated carbocycles. The number of para-hydroxylation sites is 1. The molecular weight excluding hydrogens is 426 g/mol. The van der Waals surface area contributed by atoms with Crippen LogP contribution >= 0.6 is 15.9 Å². The number of carbonyl (C=O) groups is 1. The van der Waals surface area contributed by atoms with Crippen molar-refractivity contribution >= 4 is 21.8 Å². The summed E-state index contributed by atoms with van der Waals surface area (Å²) in [5.74, 6) is 1.72. The third-order valence-electron chi connectivity index (χ3n) is 4.30. The Bertz CT molecular complexity index is 826. The minimum atomic E-state index is -0.241. The average Bonchev–Trinajstić information content (AvgIpc) is 2.71. The van der Waals surface area contributed by atoms with Crippen molar-refractivity contribution in [2.45, 2.75) is 19.9 Å². The molecule has 7 heteroatoms. The Hall–Kier alpha value is -2.25. The molecule has 1 N–H and O–H groups in total. The molecule has 0 bridgehead atoms. The van der Waals surface area contributed by atoms with Gasteiger partial charge in [0.15, 0.2) is 11.5 Å². The zero-order chi connectivity index (χ0) is 19.9. The molecule has 1 atom stereocenters. The Labute approximate surface area is 173 Å². The van der Waals surface area contributed by atoms with Crippen molar-refractivity contribution < 1.29 is 23.7 Å². The lowest BCUT2D eigenvalue weighted by molar-refractivity contribution is 0.0923. The molecule has 0 aromatic heterocycles. The van der Waals surface area contributed by atoms with E-state index in [4.69, 9.17) is 18.9 Å². The molecule has 28 heavy (non-hydrogen) atoms. The van der Waals surface area contributed by atoms with E-state index >= 15 is 0 Å². The van der Waals surface area contributed by atoms with Crippen molar-refractivity contribution in [3.63, 3.8) is 0 Å². The number of nitrogens with one attached hydrogen (secondary N) is 1. The summed E-state index contributed by atoms with van der Waals surface area (Å²) in [6.07, 6.45) is 0. The maximum atomic E-state index is 12.8. The Morgan fingerprint density at radius 1 is 1.18 bits per heavy atom. The predicted octanol–water partition coefficient (Wildman–Crippen LogP) is 4.13. The summed E-state index contributed by atoms with van der Waals surface area (Å²) in [5, 5.41) is 3.03. The van der Waals surface area contributed by atoms with Crippen LogP contribution in [-0.4, -0.2) is 38.9 Å². The van der Waals surface area contributed by atoms with E-state index in [9.17, 15) is 4.79 Å². The van der Waals surface area contributed by atoms with Gasteiger partial charge in [0.2, 0.25) is 0 Å². The maximum absolute atomic E-state index is 12.8. The minimum absolute atomic E-state index is 0.207. The lowest BCUT2D eigenvalue weighted by atomic mass is 10.1. The zero-order valence-electron chi connectivity index (χ0n) is 16.0. The first-order valence-corrected chi connectivity index (χ1v) is 10.1. The SMILES string of the molecule is CCOCCOc1ccccc1C(=O)NC(C)c1cc2c(cc1Br)OCCO2. The second-order valence-corrected chi connectivity index (χ2v) is 7.11. The fraction of sp³-hybridized carbons (Fsp3) is 0.381. The largest absolute Gasteiger partial charge is 0.490 e. The van der Waals surface area contributed by atoms with Crippen LogP contribution in [0.2, 0.25) is 0 Å². The van der Waals surface area contributed by atoms with Gasteiger partial charge in [-0.05, 0) is 43.7 Å². The van der Waals surface area contributed by atoms with E-state index in [0.717, 1.165) is 10.0 Å². The first kappa shape index (κ1) is 20.5. The van der Waals surface area contributed by atoms with Gasteiger partial charge in [0, 0.05) is 11.1 Å². The lowest BCUT2D eigenvalue weighted by Gasteiger charge is -2.22. The molecule has 0 fully saturated rings. The molecule has 1 aliphatic heterocycles. The van der Waals surface area contributed by atoms with E-state index in [0.29, 0.717) is 55.8 Å². The van der Waals surface area contributed by atoms with Gasteiger partial charge in [-0.15, -0.1) is 0 Å². The molecule has 150 valence electrons. The zero-order valence-corrected chi connectivity index (χ0v) is 17.6. The monoisotopic (exact) mass is 449 g/mol. The first-order valence-electron chi connectivity index (χ1n) is 9.29. The van der Waals surface area contributed by atoms with Crippen molar-refractivity contribution in [3.05, 3.63) is 52.0 Å². The van der Waals surface area contributed by atoms with Crippen molar-refractivity contribution in [2.24, 2.45) is 0 Å². The van der Waals surface area contributed by atoms with Gasteiger partial charge in [0.25, 0.3) is 5.91 Å². The number of carbonyl (C=O) groups excluding carboxylic acids is 1. The fourth-order valence-electron chi connectivity index (χ4n) is 2.90. The van der Waals surface area contributed by atoms with Crippen LogP contribution < -0.4 is 19.5 Å². The summed E-state index contributed by atoms with van der Waals surface area (Å²) < 4.78 is 23.1. The fourth-order valence-corrected chi connectivity index (χ4v) is 3.56. The quantitative estimate of drug-likeness (QED) is 0.613. The summed E-state index contributed by atoms with van der Waals surface area (Å²) in [7, 11) is 0. The van der Waals surface area contributed by atoms with Gasteiger partial charge in [-0.25, -0.2) is 0 Å². The molecule has 0 radical (unpaired) electrons. The summed E-state index contributed by atoms with van der Waals surface area (Å²) >= 11 is 3.56. The third-order valence-corrected chi connectivity index (χ3v) is 4.98. The molecule has 0 aliphatic carbocycles. The third kappa shape index (κ3) is 4.97. The Balaban J connectivity index is 1.71. The Morgan fingerprint density at radius 2 is 1.89 bits per heavy atom. The van der Waals surface area contributed by atoms with Crippen LogP contribution in [0.5, 0.6) is 17.2 Å². The standard InChI is InChI=1S/C21H24BrNO5/c1-3-25-8-9-26-18-7-5-4-6-15(18)21(24)23-14(2)16-12-19-20(13-17(16)22)28-11-10-27-19/h4-7,12-14H,3,8-11H2,1-2H3,(H,23,24). The minimum Gasteiger partial charge on any atom is -0.490 e. The van der Waals surface area contributed by atoms with Crippen LogP contribution in [-0.2, 0) is 4.74 Å². The van der Waals surface area contributed by atoms with Crippen molar-refractivity contribution in [1.29, 1.82) is 0 Å². The van der Waals surface area contributed by atoms with Crippen LogP contribution in [0.4, 0.5) is 0 Å². The van der Waals surface area contributed by atoms with Crippen LogP contribution in [0.25, 0.3) is 0 Å². The van der Waals surface area contributed by atoms with Crippen LogP contribution in [0.15, 0.2) is 40.9 Å². The number of amides is 1. The molecule has 2 aromatic rings. The van der Waals surface area contributed by atoms with Crippen LogP contribution in [0.1, 0.15) is 35.8 Å². The van der Waals surface area contributed by atoms with Gasteiger partial charge in [-0.1, -0.05) is 28.1 Å². The van der Waals surface area contributed by atoms with E-state index < -0.39 is 0 Å². The number of halogens is 1. The smallest absolute Gasteiger partial charge is 0.255 e. The van der Waals surface area contributed by atoms with Gasteiger partial charge in [-0.3, -0.25) is 4.79 Å². The van der Waals surface area contributed by atoms with Crippen molar-refractivity contribution in [2.75, 3.05) is 33.0 Å². The van der Waals surface area contributed by atoms with Gasteiger partial charge in [0.05, 0.1) is 18.2 Å². The molecule has 1 amide bonds. The highest BCUT2D eigenvalue weighted by molar-refractivity contribution is 9.10. The average molecular weight is 450 g/mol. The summed E-state index contributed by atoms with van der Waals surface area (Å²) in [5.41, 5.74) is 1.40. The van der Waals surface area contributed by atoms with E-state index in [2.05, 4.69) is 21.2 Å². The molecular formula is C21H24BrNO5. The number of hydrogen-bond acceptors (Lipinski definition) is 5. The number of ether oxygens (including phenoxy) is 4. The Morgan fingerprint density at radius 3 is 2.64 bits per heavy atom. The summed E-state index contributed by atoms with van der Waals surface area (Å²) in [6.45, 7) is 6.40. The topological polar surface area (TPSA) is 66.0 Å².